The van der Waals surface area contributed by atoms with Gasteiger partial charge in [0.15, 0.2) is 0 Å². The normalized spacial score (nSPS) is 21.3. The van der Waals surface area contributed by atoms with Crippen LogP contribution in [-0.2, 0) is 13.2 Å². The first-order valence-electron chi connectivity index (χ1n) is 7.88. The van der Waals surface area contributed by atoms with Gasteiger partial charge in [-0.3, -0.25) is 9.80 Å². The van der Waals surface area contributed by atoms with Crippen molar-refractivity contribution in [3.63, 3.8) is 0 Å². The average Bonchev–Trinajstić information content (AvgIpc) is 2.89. The lowest BCUT2D eigenvalue weighted by Gasteiger charge is -2.42. The standard InChI is InChI=1S/C16H28N2O3/c1-13(2)9-18-7-6-17(10-14(18)5-8-19)11-15-3-4-16(12-20)21-15/h3-4,13-14,19-20H,5-12H2,1-2H3/t14-/m0/s1. The molecule has 5 heteroatoms. The lowest BCUT2D eigenvalue weighted by atomic mass is 10.1. The van der Waals surface area contributed by atoms with E-state index in [4.69, 9.17) is 9.52 Å². The Labute approximate surface area is 127 Å². The topological polar surface area (TPSA) is 60.1 Å². The van der Waals surface area contributed by atoms with Crippen LogP contribution in [0.1, 0.15) is 31.8 Å². The zero-order chi connectivity index (χ0) is 15.2. The molecule has 0 amide bonds. The molecular weight excluding hydrogens is 268 g/mol. The molecule has 1 atom stereocenters. The molecule has 1 fully saturated rings. The van der Waals surface area contributed by atoms with Gasteiger partial charge in [0, 0.05) is 38.8 Å². The van der Waals surface area contributed by atoms with Gasteiger partial charge in [-0.2, -0.15) is 0 Å². The number of nitrogens with zero attached hydrogens (tertiary/aromatic N) is 2. The molecule has 2 N–H and O–H groups in total. The largest absolute Gasteiger partial charge is 0.462 e. The molecule has 0 unspecified atom stereocenters. The van der Waals surface area contributed by atoms with Crippen LogP contribution >= 0.6 is 0 Å². The Morgan fingerprint density at radius 3 is 2.62 bits per heavy atom. The minimum atomic E-state index is -0.0463. The summed E-state index contributed by atoms with van der Waals surface area (Å²) in [6.45, 7) is 9.55. The van der Waals surface area contributed by atoms with Crippen LogP contribution in [0.2, 0.25) is 0 Å². The molecule has 0 aliphatic carbocycles. The maximum absolute atomic E-state index is 9.29. The number of rotatable bonds is 7. The fraction of sp³-hybridized carbons (Fsp3) is 0.750. The van der Waals surface area contributed by atoms with Gasteiger partial charge in [-0.1, -0.05) is 13.8 Å². The van der Waals surface area contributed by atoms with Crippen molar-refractivity contribution < 1.29 is 14.6 Å². The van der Waals surface area contributed by atoms with E-state index >= 15 is 0 Å². The molecule has 1 saturated heterocycles. The molecule has 0 radical (unpaired) electrons. The fourth-order valence-corrected chi connectivity index (χ4v) is 3.05. The van der Waals surface area contributed by atoms with E-state index in [1.165, 1.54) is 0 Å². The third-order valence-corrected chi connectivity index (χ3v) is 4.00. The van der Waals surface area contributed by atoms with Gasteiger partial charge in [0.1, 0.15) is 18.1 Å². The maximum atomic E-state index is 9.29. The Morgan fingerprint density at radius 2 is 2.00 bits per heavy atom. The highest BCUT2D eigenvalue weighted by atomic mass is 16.4. The molecule has 1 aromatic rings. The summed E-state index contributed by atoms with van der Waals surface area (Å²) in [4.78, 5) is 4.87. The van der Waals surface area contributed by atoms with E-state index in [1.54, 1.807) is 0 Å². The van der Waals surface area contributed by atoms with Gasteiger partial charge in [0.05, 0.1) is 6.54 Å². The Balaban J connectivity index is 1.91. The van der Waals surface area contributed by atoms with Gasteiger partial charge in [-0.15, -0.1) is 0 Å². The number of furan rings is 1. The fourth-order valence-electron chi connectivity index (χ4n) is 3.05. The van der Waals surface area contributed by atoms with Crippen molar-refractivity contribution in [2.45, 2.75) is 39.5 Å². The number of hydrogen-bond donors (Lipinski definition) is 2. The summed E-state index contributed by atoms with van der Waals surface area (Å²) < 4.78 is 5.57. The van der Waals surface area contributed by atoms with Gasteiger partial charge in [-0.05, 0) is 24.5 Å². The highest BCUT2D eigenvalue weighted by Crippen LogP contribution is 2.18. The monoisotopic (exact) mass is 296 g/mol. The number of hydrogen-bond acceptors (Lipinski definition) is 5. The highest BCUT2D eigenvalue weighted by Gasteiger charge is 2.27. The van der Waals surface area contributed by atoms with Crippen molar-refractivity contribution in [2.24, 2.45) is 5.92 Å². The lowest BCUT2D eigenvalue weighted by molar-refractivity contribution is 0.0443. The van der Waals surface area contributed by atoms with Crippen molar-refractivity contribution >= 4 is 0 Å². The van der Waals surface area contributed by atoms with Crippen LogP contribution in [0.4, 0.5) is 0 Å². The van der Waals surface area contributed by atoms with Crippen molar-refractivity contribution in [2.75, 3.05) is 32.8 Å². The second-order valence-electron chi connectivity index (χ2n) is 6.32. The van der Waals surface area contributed by atoms with Crippen molar-refractivity contribution in [3.05, 3.63) is 23.7 Å². The minimum Gasteiger partial charge on any atom is -0.462 e. The molecule has 2 rings (SSSR count). The van der Waals surface area contributed by atoms with Crippen molar-refractivity contribution in [3.8, 4) is 0 Å². The van der Waals surface area contributed by atoms with Crippen LogP contribution < -0.4 is 0 Å². The molecule has 0 aromatic carbocycles. The summed E-state index contributed by atoms with van der Waals surface area (Å²) in [6.07, 6.45) is 0.823. The molecule has 5 nitrogen and oxygen atoms in total. The summed E-state index contributed by atoms with van der Waals surface area (Å²) in [5.41, 5.74) is 0. The van der Waals surface area contributed by atoms with E-state index in [2.05, 4.69) is 23.6 Å². The molecule has 21 heavy (non-hydrogen) atoms. The average molecular weight is 296 g/mol. The third-order valence-electron chi connectivity index (χ3n) is 4.00. The Kier molecular flexibility index (Phi) is 6.23. The van der Waals surface area contributed by atoms with Crippen LogP contribution in [0.25, 0.3) is 0 Å². The van der Waals surface area contributed by atoms with Gasteiger partial charge in [0.25, 0.3) is 0 Å². The Hall–Kier alpha value is -0.880. The molecule has 0 spiro atoms. The summed E-state index contributed by atoms with van der Waals surface area (Å²) in [6, 6.07) is 4.18. The van der Waals surface area contributed by atoms with Gasteiger partial charge < -0.3 is 14.6 Å². The zero-order valence-corrected chi connectivity index (χ0v) is 13.2. The first kappa shape index (κ1) is 16.5. The van der Waals surface area contributed by atoms with Crippen LogP contribution in [0, 0.1) is 5.92 Å². The predicted molar refractivity (Wildman–Crippen MR) is 81.8 cm³/mol. The first-order chi connectivity index (χ1) is 10.1. The first-order valence-corrected chi connectivity index (χ1v) is 7.88. The Morgan fingerprint density at radius 1 is 1.24 bits per heavy atom. The summed E-state index contributed by atoms with van der Waals surface area (Å²) in [5.74, 6) is 2.17. The van der Waals surface area contributed by atoms with Gasteiger partial charge in [0.2, 0.25) is 0 Å². The maximum Gasteiger partial charge on any atom is 0.129 e. The number of aliphatic hydroxyl groups is 2. The summed E-state index contributed by atoms with van der Waals surface area (Å²) >= 11 is 0. The zero-order valence-electron chi connectivity index (χ0n) is 13.2. The van der Waals surface area contributed by atoms with E-state index in [9.17, 15) is 5.11 Å². The van der Waals surface area contributed by atoms with Crippen molar-refractivity contribution in [1.82, 2.24) is 9.80 Å². The Bertz CT molecular complexity index is 419. The van der Waals surface area contributed by atoms with Gasteiger partial charge in [-0.25, -0.2) is 0 Å². The van der Waals surface area contributed by atoms with Crippen LogP contribution in [0.15, 0.2) is 16.5 Å². The van der Waals surface area contributed by atoms with Crippen molar-refractivity contribution in [1.29, 1.82) is 0 Å². The SMILES string of the molecule is CC(C)CN1CCN(Cc2ccc(CO)o2)C[C@@H]1CCO. The van der Waals surface area contributed by atoms with Gasteiger partial charge >= 0.3 is 0 Å². The minimum absolute atomic E-state index is 0.0463. The third kappa shape index (κ3) is 4.81. The van der Waals surface area contributed by atoms with E-state index < -0.39 is 0 Å². The van der Waals surface area contributed by atoms with Crippen LogP contribution in [0.5, 0.6) is 0 Å². The smallest absolute Gasteiger partial charge is 0.129 e. The number of piperazine rings is 1. The molecular formula is C16H28N2O3. The second-order valence-corrected chi connectivity index (χ2v) is 6.32. The molecule has 120 valence electrons. The van der Waals surface area contributed by atoms with E-state index in [0.29, 0.717) is 17.7 Å². The van der Waals surface area contributed by atoms with E-state index in [0.717, 1.165) is 44.9 Å². The number of aliphatic hydroxyl groups excluding tert-OH is 2. The molecule has 1 aromatic heterocycles. The molecule has 1 aliphatic heterocycles. The molecule has 0 bridgehead atoms. The highest BCUT2D eigenvalue weighted by molar-refractivity contribution is 5.06. The molecule has 0 saturated carbocycles. The second kappa shape index (κ2) is 7.94. The van der Waals surface area contributed by atoms with E-state index in [1.807, 2.05) is 12.1 Å². The molecule has 1 aliphatic rings. The summed E-state index contributed by atoms with van der Waals surface area (Å²) in [5, 5.41) is 18.3. The lowest BCUT2D eigenvalue weighted by Crippen LogP contribution is -2.53. The quantitative estimate of drug-likeness (QED) is 0.794. The summed E-state index contributed by atoms with van der Waals surface area (Å²) in [7, 11) is 0. The van der Waals surface area contributed by atoms with Crippen LogP contribution in [0.3, 0.4) is 0 Å². The van der Waals surface area contributed by atoms with E-state index in [-0.39, 0.29) is 13.2 Å². The predicted octanol–water partition coefficient (Wildman–Crippen LogP) is 1.30. The van der Waals surface area contributed by atoms with Crippen LogP contribution in [-0.4, -0.2) is 58.8 Å². The molecule has 2 heterocycles.